The molecule has 200 valence electrons. The molecule has 5 rings (SSSR count). The molecule has 1 fully saturated rings. The zero-order chi connectivity index (χ0) is 26.8. The first-order chi connectivity index (χ1) is 18.3. The number of hydrogen-bond acceptors (Lipinski definition) is 8. The van der Waals surface area contributed by atoms with Crippen molar-refractivity contribution in [3.8, 4) is 11.3 Å². The number of ether oxygens (including phenoxy) is 1. The van der Waals surface area contributed by atoms with Gasteiger partial charge >= 0.3 is 0 Å². The fraction of sp³-hybridized carbons (Fsp3) is 0.429. The molecular weight excluding hydrogens is 488 g/mol. The van der Waals surface area contributed by atoms with Gasteiger partial charge in [-0.25, -0.2) is 23.7 Å². The van der Waals surface area contributed by atoms with Crippen LogP contribution in [0.3, 0.4) is 0 Å². The van der Waals surface area contributed by atoms with E-state index in [9.17, 15) is 8.78 Å². The highest BCUT2D eigenvalue weighted by Crippen LogP contribution is 2.30. The molecule has 0 radical (unpaired) electrons. The minimum absolute atomic E-state index is 0.00307. The summed E-state index contributed by atoms with van der Waals surface area (Å²) in [6.07, 6.45) is 3.04. The van der Waals surface area contributed by atoms with Gasteiger partial charge in [0.1, 0.15) is 17.3 Å². The quantitative estimate of drug-likeness (QED) is 0.346. The first-order valence-corrected chi connectivity index (χ1v) is 13.0. The number of halogens is 2. The lowest BCUT2D eigenvalue weighted by atomic mass is 9.95. The Morgan fingerprint density at radius 2 is 2.08 bits per heavy atom. The van der Waals surface area contributed by atoms with Gasteiger partial charge in [0, 0.05) is 62.2 Å². The summed E-state index contributed by atoms with van der Waals surface area (Å²) in [6, 6.07) is 6.74. The van der Waals surface area contributed by atoms with Crippen molar-refractivity contribution in [2.24, 2.45) is 16.8 Å². The molecular formula is C28H33F2N7O. The molecule has 1 unspecified atom stereocenters. The van der Waals surface area contributed by atoms with Crippen molar-refractivity contribution in [1.29, 1.82) is 0 Å². The fourth-order valence-electron chi connectivity index (χ4n) is 5.19. The summed E-state index contributed by atoms with van der Waals surface area (Å²) in [4.78, 5) is 19.9. The fourth-order valence-corrected chi connectivity index (χ4v) is 5.19. The Balaban J connectivity index is 1.37. The van der Waals surface area contributed by atoms with Gasteiger partial charge in [-0.2, -0.15) is 0 Å². The molecule has 2 aromatic heterocycles. The second-order valence-corrected chi connectivity index (χ2v) is 10.2. The van der Waals surface area contributed by atoms with Crippen molar-refractivity contribution in [2.45, 2.75) is 33.2 Å². The third-order valence-corrected chi connectivity index (χ3v) is 7.12. The van der Waals surface area contributed by atoms with Crippen molar-refractivity contribution in [2.75, 3.05) is 44.4 Å². The molecule has 3 N–H and O–H groups in total. The molecule has 2 aliphatic rings. The van der Waals surface area contributed by atoms with E-state index < -0.39 is 11.6 Å². The van der Waals surface area contributed by atoms with E-state index in [1.165, 1.54) is 11.6 Å². The number of rotatable bonds is 7. The first kappa shape index (κ1) is 26.1. The average molecular weight is 522 g/mol. The second kappa shape index (κ2) is 11.1. The number of nitrogen functional groups attached to an aromatic ring is 1. The number of aromatic nitrogens is 3. The molecule has 2 aliphatic heterocycles. The first-order valence-electron chi connectivity index (χ1n) is 13.0. The van der Waals surface area contributed by atoms with Crippen LogP contribution in [-0.4, -0.2) is 58.9 Å². The van der Waals surface area contributed by atoms with Crippen LogP contribution in [-0.2, 0) is 17.7 Å². The van der Waals surface area contributed by atoms with Crippen LogP contribution in [0.1, 0.15) is 37.1 Å². The molecule has 3 aromatic rings. The Bertz CT molecular complexity index is 1360. The SMILES string of the molecule is CN=C(c1cc(-c2nc(Nc3ccc4c(n3)CCN(CC3CCOC3)C4)ncc2F)cc(F)c1N)C(C)C. The Labute approximate surface area is 221 Å². The zero-order valence-electron chi connectivity index (χ0n) is 22.0. The maximum Gasteiger partial charge on any atom is 0.229 e. The second-order valence-electron chi connectivity index (χ2n) is 10.2. The standard InChI is InChI=1S/C28H33F2N7O/c1-16(2)26(32-3)20-10-19(11-21(29)25(20)31)27-22(30)12-33-28(36-27)35-24-5-4-18-14-37(8-6-23(18)34-24)13-17-7-9-38-15-17/h4-5,10-12,16-17H,6-9,13-15,31H2,1-3H3,(H,33,34,35,36). The van der Waals surface area contributed by atoms with Gasteiger partial charge in [0.15, 0.2) is 5.82 Å². The molecule has 0 amide bonds. The lowest BCUT2D eigenvalue weighted by Gasteiger charge is -2.30. The molecule has 10 heteroatoms. The Morgan fingerprint density at radius 3 is 2.82 bits per heavy atom. The summed E-state index contributed by atoms with van der Waals surface area (Å²) in [6.45, 7) is 8.43. The lowest BCUT2D eigenvalue weighted by Crippen LogP contribution is -2.35. The molecule has 4 heterocycles. The van der Waals surface area contributed by atoms with Gasteiger partial charge in [0.25, 0.3) is 0 Å². The molecule has 8 nitrogen and oxygen atoms in total. The Hall–Kier alpha value is -3.50. The number of anilines is 3. The van der Waals surface area contributed by atoms with Crippen LogP contribution in [0.15, 0.2) is 35.5 Å². The number of benzene rings is 1. The topological polar surface area (TPSA) is 102 Å². The Morgan fingerprint density at radius 1 is 1.24 bits per heavy atom. The Kier molecular flexibility index (Phi) is 7.62. The van der Waals surface area contributed by atoms with Gasteiger partial charge in [-0.1, -0.05) is 19.9 Å². The predicted molar refractivity (Wildman–Crippen MR) is 145 cm³/mol. The lowest BCUT2D eigenvalue weighted by molar-refractivity contribution is 0.161. The van der Waals surface area contributed by atoms with Gasteiger partial charge in [-0.05, 0) is 42.0 Å². The number of nitrogens with one attached hydrogen (secondary N) is 1. The van der Waals surface area contributed by atoms with Crippen LogP contribution in [0.4, 0.5) is 26.2 Å². The van der Waals surface area contributed by atoms with E-state index in [2.05, 4.69) is 31.2 Å². The summed E-state index contributed by atoms with van der Waals surface area (Å²) in [5.74, 6) is 0.0207. The van der Waals surface area contributed by atoms with Gasteiger partial charge in [0.05, 0.1) is 18.5 Å². The van der Waals surface area contributed by atoms with E-state index in [4.69, 9.17) is 15.5 Å². The smallest absolute Gasteiger partial charge is 0.229 e. The van der Waals surface area contributed by atoms with Crippen LogP contribution < -0.4 is 11.1 Å². The van der Waals surface area contributed by atoms with Crippen molar-refractivity contribution in [3.63, 3.8) is 0 Å². The number of nitrogens with two attached hydrogens (primary N) is 1. The van der Waals surface area contributed by atoms with E-state index in [-0.39, 0.29) is 28.8 Å². The highest BCUT2D eigenvalue weighted by molar-refractivity contribution is 6.06. The summed E-state index contributed by atoms with van der Waals surface area (Å²) >= 11 is 0. The zero-order valence-corrected chi connectivity index (χ0v) is 22.0. The minimum atomic E-state index is -0.670. The highest BCUT2D eigenvalue weighted by atomic mass is 19.1. The molecule has 1 atom stereocenters. The average Bonchev–Trinajstić information content (AvgIpc) is 3.41. The van der Waals surface area contributed by atoms with Crippen molar-refractivity contribution >= 4 is 23.2 Å². The summed E-state index contributed by atoms with van der Waals surface area (Å²) in [5.41, 5.74) is 9.48. The molecule has 0 bridgehead atoms. The van der Waals surface area contributed by atoms with E-state index in [1.807, 2.05) is 19.9 Å². The van der Waals surface area contributed by atoms with Gasteiger partial charge in [0.2, 0.25) is 5.95 Å². The van der Waals surface area contributed by atoms with E-state index in [0.717, 1.165) is 57.6 Å². The van der Waals surface area contributed by atoms with Crippen molar-refractivity contribution in [1.82, 2.24) is 19.9 Å². The van der Waals surface area contributed by atoms with E-state index in [1.54, 1.807) is 13.1 Å². The van der Waals surface area contributed by atoms with Gasteiger partial charge in [-0.3, -0.25) is 9.89 Å². The van der Waals surface area contributed by atoms with E-state index in [0.29, 0.717) is 23.0 Å². The summed E-state index contributed by atoms with van der Waals surface area (Å²) in [5, 5.41) is 3.08. The third-order valence-electron chi connectivity index (χ3n) is 7.12. The van der Waals surface area contributed by atoms with Crippen LogP contribution in [0, 0.1) is 23.5 Å². The monoisotopic (exact) mass is 521 g/mol. The summed E-state index contributed by atoms with van der Waals surface area (Å²) in [7, 11) is 1.63. The van der Waals surface area contributed by atoms with E-state index >= 15 is 0 Å². The predicted octanol–water partition coefficient (Wildman–Crippen LogP) is 4.61. The number of pyridine rings is 1. The van der Waals surface area contributed by atoms with Crippen LogP contribution in [0.2, 0.25) is 0 Å². The van der Waals surface area contributed by atoms with Gasteiger partial charge in [-0.15, -0.1) is 0 Å². The van der Waals surface area contributed by atoms with Gasteiger partial charge < -0.3 is 15.8 Å². The molecule has 0 aliphatic carbocycles. The number of hydrogen-bond donors (Lipinski definition) is 2. The summed E-state index contributed by atoms with van der Waals surface area (Å²) < 4.78 is 35.1. The van der Waals surface area contributed by atoms with Crippen LogP contribution in [0.25, 0.3) is 11.3 Å². The molecule has 38 heavy (non-hydrogen) atoms. The number of aliphatic imine (C=N–C) groups is 1. The molecule has 1 saturated heterocycles. The normalized spacial score (nSPS) is 18.2. The van der Waals surface area contributed by atoms with Crippen molar-refractivity contribution in [3.05, 3.63) is 58.9 Å². The van der Waals surface area contributed by atoms with Crippen LogP contribution >= 0.6 is 0 Å². The minimum Gasteiger partial charge on any atom is -0.396 e. The highest BCUT2D eigenvalue weighted by Gasteiger charge is 2.24. The molecule has 0 saturated carbocycles. The third kappa shape index (κ3) is 5.51. The maximum atomic E-state index is 14.8. The van der Waals surface area contributed by atoms with Crippen LogP contribution in [0.5, 0.6) is 0 Å². The molecule has 1 aromatic carbocycles. The number of nitrogens with zero attached hydrogens (tertiary/aromatic N) is 5. The molecule has 0 spiro atoms. The number of fused-ring (bicyclic) bond motifs is 1. The largest absolute Gasteiger partial charge is 0.396 e. The van der Waals surface area contributed by atoms with Crippen molar-refractivity contribution < 1.29 is 13.5 Å². The maximum absolute atomic E-state index is 14.8.